The molecule has 2 aromatic rings. The highest BCUT2D eigenvalue weighted by molar-refractivity contribution is 7.92. The number of benzene rings is 2. The average Bonchev–Trinajstić information content (AvgIpc) is 2.84. The van der Waals surface area contributed by atoms with Crippen molar-refractivity contribution in [1.82, 2.24) is 10.6 Å². The Morgan fingerprint density at radius 2 is 1.31 bits per heavy atom. The lowest BCUT2D eigenvalue weighted by Crippen LogP contribution is -2.51. The molecule has 0 atom stereocenters. The van der Waals surface area contributed by atoms with Crippen LogP contribution >= 0.6 is 0 Å². The van der Waals surface area contributed by atoms with Gasteiger partial charge in [-0.2, -0.15) is 19.1 Å². The standard InChI is InChI=1S/C29H41N3O11S2/c1-20-17-21(19-22(18-20)43-45(37,38)24-14-11-10-13-23(24)44(9,35)36)39-15-12-16-40-32(8)25(30-26(33)41-28(2,3)4)31-27(34)42-29(5,6)7/h10-11,13-14,17-19H,12,15-16H2,1-9H3,(H,30,31,33,34)/p+1. The van der Waals surface area contributed by atoms with Crippen molar-refractivity contribution >= 4 is 38.1 Å². The molecule has 0 unspecified atom stereocenters. The van der Waals surface area contributed by atoms with E-state index in [0.717, 1.165) is 17.1 Å². The summed E-state index contributed by atoms with van der Waals surface area (Å²) in [4.78, 5) is 29.4. The molecule has 0 heterocycles. The van der Waals surface area contributed by atoms with E-state index in [1.54, 1.807) is 54.5 Å². The second kappa shape index (κ2) is 14.8. The summed E-state index contributed by atoms with van der Waals surface area (Å²) in [6.45, 7) is 12.1. The molecule has 0 aliphatic heterocycles. The van der Waals surface area contributed by atoms with E-state index >= 15 is 0 Å². The minimum Gasteiger partial charge on any atom is -0.493 e. The van der Waals surface area contributed by atoms with Gasteiger partial charge in [0.25, 0.3) is 0 Å². The molecule has 0 saturated carbocycles. The first-order valence-electron chi connectivity index (χ1n) is 13.8. The number of guanidine groups is 1. The molecule has 0 aromatic heterocycles. The van der Waals surface area contributed by atoms with Crippen molar-refractivity contribution in [1.29, 1.82) is 0 Å². The van der Waals surface area contributed by atoms with Gasteiger partial charge in [0, 0.05) is 18.7 Å². The Hall–Kier alpha value is -4.05. The first kappa shape index (κ1) is 37.1. The summed E-state index contributed by atoms with van der Waals surface area (Å²) >= 11 is 0. The molecule has 0 saturated heterocycles. The average molecular weight is 673 g/mol. The Bertz CT molecular complexity index is 1590. The predicted octanol–water partition coefficient (Wildman–Crippen LogP) is 3.91. The molecular formula is C29H42N3O11S2+. The number of carbonyl (C=O) groups excluding carboxylic acids is 2. The van der Waals surface area contributed by atoms with Crippen LogP contribution in [0.1, 0.15) is 53.5 Å². The number of amides is 2. The third kappa shape index (κ3) is 13.2. The van der Waals surface area contributed by atoms with Gasteiger partial charge in [0.05, 0.1) is 18.6 Å². The maximum atomic E-state index is 13.0. The van der Waals surface area contributed by atoms with Crippen LogP contribution in [0.2, 0.25) is 0 Å². The number of nitrogens with zero attached hydrogens (tertiary/aromatic N) is 1. The highest BCUT2D eigenvalue weighted by atomic mass is 32.2. The van der Waals surface area contributed by atoms with E-state index in [9.17, 15) is 26.4 Å². The molecular weight excluding hydrogens is 630 g/mol. The summed E-state index contributed by atoms with van der Waals surface area (Å²) in [6, 6.07) is 9.67. The fraction of sp³-hybridized carbons (Fsp3) is 0.483. The van der Waals surface area contributed by atoms with Crippen LogP contribution in [0.25, 0.3) is 0 Å². The molecule has 45 heavy (non-hydrogen) atoms. The summed E-state index contributed by atoms with van der Waals surface area (Å²) in [6.07, 6.45) is -0.408. The summed E-state index contributed by atoms with van der Waals surface area (Å²) in [5, 5.41) is 4.86. The van der Waals surface area contributed by atoms with E-state index in [0.29, 0.717) is 17.7 Å². The molecule has 2 N–H and O–H groups in total. The Balaban J connectivity index is 2.08. The van der Waals surface area contributed by atoms with Gasteiger partial charge in [0.15, 0.2) is 9.84 Å². The normalized spacial score (nSPS) is 12.0. The molecule has 0 bridgehead atoms. The van der Waals surface area contributed by atoms with Gasteiger partial charge in [-0.3, -0.25) is 0 Å². The van der Waals surface area contributed by atoms with Crippen LogP contribution in [-0.4, -0.2) is 77.4 Å². The van der Waals surface area contributed by atoms with Gasteiger partial charge in [-0.15, -0.1) is 0 Å². The molecule has 2 aromatic carbocycles. The van der Waals surface area contributed by atoms with Crippen LogP contribution in [0, 0.1) is 6.92 Å². The zero-order valence-corrected chi connectivity index (χ0v) is 28.6. The molecule has 0 spiro atoms. The summed E-state index contributed by atoms with van der Waals surface area (Å²) < 4.78 is 72.8. The topological polar surface area (TPSA) is 176 Å². The van der Waals surface area contributed by atoms with Crippen molar-refractivity contribution in [2.45, 2.75) is 75.9 Å². The number of hydrogen-bond donors (Lipinski definition) is 2. The molecule has 0 aliphatic carbocycles. The smallest absolute Gasteiger partial charge is 0.476 e. The number of nitrogens with one attached hydrogen (secondary N) is 2. The quantitative estimate of drug-likeness (QED) is 0.0935. The number of rotatable bonds is 10. The van der Waals surface area contributed by atoms with Crippen molar-refractivity contribution in [3.8, 4) is 11.5 Å². The van der Waals surface area contributed by atoms with Crippen molar-refractivity contribution in [3.63, 3.8) is 0 Å². The van der Waals surface area contributed by atoms with Gasteiger partial charge in [0.1, 0.15) is 34.2 Å². The lowest BCUT2D eigenvalue weighted by molar-refractivity contribution is -0.770. The third-order valence-corrected chi connectivity index (χ3v) is 7.73. The molecule has 2 amide bonds. The largest absolute Gasteiger partial charge is 0.493 e. The summed E-state index contributed by atoms with van der Waals surface area (Å²) in [5.41, 5.74) is -0.946. The van der Waals surface area contributed by atoms with Crippen molar-refractivity contribution < 1.29 is 54.4 Å². The Morgan fingerprint density at radius 3 is 1.82 bits per heavy atom. The van der Waals surface area contributed by atoms with Gasteiger partial charge >= 0.3 is 28.3 Å². The fourth-order valence-corrected chi connectivity index (χ4v) is 6.00. The highest BCUT2D eigenvalue weighted by Gasteiger charge is 2.28. The molecule has 14 nitrogen and oxygen atoms in total. The number of alkyl carbamates (subject to hydrolysis) is 2. The van der Waals surface area contributed by atoms with Crippen molar-refractivity contribution in [2.24, 2.45) is 0 Å². The predicted molar refractivity (Wildman–Crippen MR) is 165 cm³/mol. The molecule has 2 rings (SSSR count). The summed E-state index contributed by atoms with van der Waals surface area (Å²) in [5.74, 6) is 0.0962. The van der Waals surface area contributed by atoms with Crippen LogP contribution in [0.5, 0.6) is 11.5 Å². The molecule has 16 heteroatoms. The minimum atomic E-state index is -4.49. The van der Waals surface area contributed by atoms with E-state index in [4.69, 9.17) is 23.2 Å². The second-order valence-electron chi connectivity index (χ2n) is 11.9. The number of carbonyl (C=O) groups is 2. The first-order valence-corrected chi connectivity index (χ1v) is 17.1. The van der Waals surface area contributed by atoms with E-state index in [1.807, 2.05) is 0 Å². The van der Waals surface area contributed by atoms with Crippen molar-refractivity contribution in [3.05, 3.63) is 48.0 Å². The van der Waals surface area contributed by atoms with Gasteiger partial charge in [0.2, 0.25) is 0 Å². The lowest BCUT2D eigenvalue weighted by Gasteiger charge is -2.20. The molecule has 250 valence electrons. The van der Waals surface area contributed by atoms with Crippen LogP contribution in [0.15, 0.2) is 52.3 Å². The Labute approximate surface area is 264 Å². The fourth-order valence-electron chi connectivity index (χ4n) is 3.48. The number of hydroxylamine groups is 1. The van der Waals surface area contributed by atoms with E-state index < -0.39 is 48.2 Å². The molecule has 0 aliphatic rings. The maximum absolute atomic E-state index is 13.0. The van der Waals surface area contributed by atoms with Crippen LogP contribution in [0.3, 0.4) is 0 Å². The zero-order chi connectivity index (χ0) is 34.2. The highest BCUT2D eigenvalue weighted by Crippen LogP contribution is 2.28. The van der Waals surface area contributed by atoms with E-state index in [2.05, 4.69) is 10.6 Å². The molecule has 0 radical (unpaired) electrons. The minimum absolute atomic E-state index is 0.0648. The second-order valence-corrected chi connectivity index (χ2v) is 15.4. The van der Waals surface area contributed by atoms with E-state index in [-0.39, 0.29) is 29.8 Å². The van der Waals surface area contributed by atoms with E-state index in [1.165, 1.54) is 37.4 Å². The Morgan fingerprint density at radius 1 is 0.800 bits per heavy atom. The SMILES string of the molecule is Cc1cc(OCCCO[N+](C)=C(NC(=O)OC(C)(C)C)NC(=O)OC(C)(C)C)cc(OS(=O)(=O)c2ccccc2S(C)(=O)=O)c1. The number of ether oxygens (including phenoxy) is 3. The molecule has 0 fully saturated rings. The first-order chi connectivity index (χ1) is 20.6. The van der Waals surface area contributed by atoms with Crippen LogP contribution in [0.4, 0.5) is 9.59 Å². The monoisotopic (exact) mass is 672 g/mol. The lowest BCUT2D eigenvalue weighted by atomic mass is 10.2. The number of aryl methyl sites for hydroxylation is 1. The number of hydrogen-bond acceptors (Lipinski definition) is 11. The third-order valence-electron chi connectivity index (χ3n) is 5.14. The number of sulfone groups is 1. The summed E-state index contributed by atoms with van der Waals surface area (Å²) in [7, 11) is -6.87. The zero-order valence-electron chi connectivity index (χ0n) is 26.9. The van der Waals surface area contributed by atoms with Crippen LogP contribution < -0.4 is 19.6 Å². The van der Waals surface area contributed by atoms with Gasteiger partial charge in [-0.1, -0.05) is 16.9 Å². The maximum Gasteiger partial charge on any atom is 0.476 e. The Kier molecular flexibility index (Phi) is 12.2. The van der Waals surface area contributed by atoms with Crippen LogP contribution in [-0.2, 0) is 34.3 Å². The van der Waals surface area contributed by atoms with Gasteiger partial charge in [-0.05, 0) is 78.3 Å². The van der Waals surface area contributed by atoms with Gasteiger partial charge < -0.3 is 23.2 Å². The van der Waals surface area contributed by atoms with Crippen molar-refractivity contribution in [2.75, 3.05) is 26.5 Å². The van der Waals surface area contributed by atoms with Gasteiger partial charge in [-0.25, -0.2) is 18.0 Å².